The van der Waals surface area contributed by atoms with E-state index in [-0.39, 0.29) is 30.7 Å². The maximum atomic E-state index is 15.4. The van der Waals surface area contributed by atoms with Gasteiger partial charge in [-0.3, -0.25) is 57.5 Å². The average Bonchev–Trinajstić information content (AvgIpc) is 0.758. The van der Waals surface area contributed by atoms with Gasteiger partial charge in [0.1, 0.15) is 72.0 Å². The molecule has 0 bridgehead atoms. The molecule has 18 atom stereocenters. The van der Waals surface area contributed by atoms with E-state index in [1.165, 1.54) is 106 Å². The number of cyclic esters (lactones) is 1. The second kappa shape index (κ2) is 39.9. The van der Waals surface area contributed by atoms with Crippen molar-refractivity contribution in [1.29, 1.82) is 0 Å². The number of carbonyl (C=O) groups is 13. The second-order valence-electron chi connectivity index (χ2n) is 25.4. The number of halogens is 1. The van der Waals surface area contributed by atoms with Crippen LogP contribution in [0.5, 0.6) is 5.75 Å². The smallest absolute Gasteiger partial charge is 0.329 e. The molecule has 3 unspecified atom stereocenters. The van der Waals surface area contributed by atoms with Crippen molar-refractivity contribution in [2.75, 3.05) is 47.5 Å². The molecule has 99 heavy (non-hydrogen) atoms. The second-order valence-corrected chi connectivity index (χ2v) is 26.1. The fourth-order valence-corrected chi connectivity index (χ4v) is 11.1. The molecule has 16 N–H and O–H groups in total. The molecular formula is C66H102ClN13O19. The monoisotopic (exact) mass is 1420 g/mol. The molecule has 1 aromatic rings. The number of rotatable bonds is 26. The van der Waals surface area contributed by atoms with Crippen LogP contribution in [0.2, 0.25) is 0 Å². The van der Waals surface area contributed by atoms with Crippen LogP contribution in [-0.4, -0.2) is 228 Å². The third-order valence-electron chi connectivity index (χ3n) is 17.2. The molecule has 2 heterocycles. The van der Waals surface area contributed by atoms with E-state index in [4.69, 9.17) is 37.3 Å². The molecular weight excluding hydrogens is 1310 g/mol. The van der Waals surface area contributed by atoms with Gasteiger partial charge in [-0.05, 0) is 82.9 Å². The number of methoxy groups -OCH3 is 2. The number of alkyl halides is 1. The topological polar surface area (TPSA) is 477 Å². The van der Waals surface area contributed by atoms with Crippen molar-refractivity contribution in [2.45, 2.75) is 187 Å². The molecule has 2 fully saturated rings. The van der Waals surface area contributed by atoms with Crippen molar-refractivity contribution in [3.8, 4) is 5.75 Å². The summed E-state index contributed by atoms with van der Waals surface area (Å²) in [5, 5.41) is 53.2. The summed E-state index contributed by atoms with van der Waals surface area (Å²) in [7, 11) is 3.53. The van der Waals surface area contributed by atoms with Crippen molar-refractivity contribution >= 4 is 88.5 Å². The molecule has 2 saturated heterocycles. The summed E-state index contributed by atoms with van der Waals surface area (Å²) in [6.45, 7) is 15.7. The number of ether oxygens (including phenoxy) is 3. The van der Waals surface area contributed by atoms with Crippen molar-refractivity contribution in [1.82, 2.24) is 57.7 Å². The number of likely N-dealkylation sites (N-methyl/N-ethyl adjacent to an activating group) is 1. The summed E-state index contributed by atoms with van der Waals surface area (Å²) in [4.78, 5) is 186. The number of nitrogens with two attached hydrogens (primary N) is 2. The number of fused-ring (bicyclic) bond motifs is 1. The Balaban J connectivity index is 2.19. The number of nitrogens with zero attached hydrogens (tertiary/aromatic N) is 2. The van der Waals surface area contributed by atoms with E-state index in [2.05, 4.69) is 47.9 Å². The Morgan fingerprint density at radius 3 is 2.04 bits per heavy atom. The molecule has 0 radical (unpaired) electrons. The highest BCUT2D eigenvalue weighted by Gasteiger charge is 2.48. The number of carbonyl (C=O) groups excluding carboxylic acids is 13. The minimum Gasteiger partial charge on any atom is -0.508 e. The van der Waals surface area contributed by atoms with E-state index >= 15 is 19.2 Å². The largest absolute Gasteiger partial charge is 0.508 e. The van der Waals surface area contributed by atoms with Crippen LogP contribution in [0.3, 0.4) is 0 Å². The molecule has 1 aromatic carbocycles. The number of allylic oxidation sites excluding steroid dienone is 4. The Morgan fingerprint density at radius 1 is 0.848 bits per heavy atom. The fraction of sp³-hybridized carbons (Fsp3) is 0.621. The van der Waals surface area contributed by atoms with Gasteiger partial charge in [0.05, 0.1) is 37.8 Å². The number of aliphatic hydroxyl groups excluding tert-OH is 2. The first-order valence-corrected chi connectivity index (χ1v) is 33.1. The number of hydrogen-bond acceptors (Lipinski definition) is 20. The highest BCUT2D eigenvalue weighted by molar-refractivity contribution is 6.21. The molecule has 0 saturated carbocycles. The zero-order chi connectivity index (χ0) is 75.0. The molecule has 0 aliphatic carbocycles. The van der Waals surface area contributed by atoms with E-state index in [1.54, 1.807) is 6.08 Å². The van der Waals surface area contributed by atoms with Crippen molar-refractivity contribution < 1.29 is 91.9 Å². The van der Waals surface area contributed by atoms with E-state index in [9.17, 15) is 58.5 Å². The summed E-state index contributed by atoms with van der Waals surface area (Å²) in [5.74, 6) is -18.1. The first-order chi connectivity index (χ1) is 46.3. The van der Waals surface area contributed by atoms with Crippen LogP contribution in [0.1, 0.15) is 114 Å². The van der Waals surface area contributed by atoms with Gasteiger partial charge >= 0.3 is 5.97 Å². The number of piperidine rings is 1. The van der Waals surface area contributed by atoms with Gasteiger partial charge in [-0.2, -0.15) is 0 Å². The van der Waals surface area contributed by atoms with Crippen LogP contribution in [0.15, 0.2) is 59.8 Å². The number of amides is 12. The summed E-state index contributed by atoms with van der Waals surface area (Å²) in [5.41, 5.74) is 12.7. The average molecular weight is 1420 g/mol. The van der Waals surface area contributed by atoms with Gasteiger partial charge in [0, 0.05) is 45.1 Å². The van der Waals surface area contributed by atoms with Crippen LogP contribution >= 0.6 is 11.6 Å². The fourth-order valence-electron chi connectivity index (χ4n) is 10.8. The normalized spacial score (nSPS) is 24.5. The van der Waals surface area contributed by atoms with Gasteiger partial charge < -0.3 is 98.6 Å². The van der Waals surface area contributed by atoms with Crippen LogP contribution < -0.4 is 59.3 Å². The van der Waals surface area contributed by atoms with Crippen LogP contribution in [0.25, 0.3) is 0 Å². The lowest BCUT2D eigenvalue weighted by molar-refractivity contribution is -0.168. The number of phenols is 1. The number of primary amides is 1. The van der Waals surface area contributed by atoms with Crippen LogP contribution in [0.4, 0.5) is 0 Å². The van der Waals surface area contributed by atoms with Crippen molar-refractivity contribution in [3.63, 3.8) is 0 Å². The number of nitrogens with one attached hydrogen (secondary N) is 9. The lowest BCUT2D eigenvalue weighted by Gasteiger charge is -2.41. The number of aromatic hydroxyl groups is 1. The number of phenolic OH excluding ortho intramolecular Hbond substituents is 1. The third-order valence-corrected chi connectivity index (χ3v) is 17.6. The van der Waals surface area contributed by atoms with Gasteiger partial charge in [0.2, 0.25) is 65.0 Å². The third kappa shape index (κ3) is 24.7. The summed E-state index contributed by atoms with van der Waals surface area (Å²) < 4.78 is 17.3. The van der Waals surface area contributed by atoms with Gasteiger partial charge in [0.25, 0.3) is 5.91 Å². The highest BCUT2D eigenvalue weighted by atomic mass is 35.5. The molecule has 32 nitrogen and oxygen atoms in total. The Hall–Kier alpha value is -8.56. The predicted molar refractivity (Wildman–Crippen MR) is 361 cm³/mol. The van der Waals surface area contributed by atoms with Crippen molar-refractivity contribution in [3.05, 3.63) is 65.4 Å². The molecule has 0 aromatic heterocycles. The van der Waals surface area contributed by atoms with E-state index in [1.807, 2.05) is 26.8 Å². The molecule has 2 aliphatic rings. The molecule has 0 spiro atoms. The standard InChI is InChI=1S/C66H102ClN13O19/c1-16-32(5)26-33(6)18-23-46(83)36(9)57(87)70-29-48(85)73-43(17-2)59(89)76-50(37(10)68)61(91)75-49(34(7)35(8)56(69)86)60(90)77-51-54(31(3)4)99-66(96)45-27-41(67)24-25-80(45)65(95)52(55(98-15)40-19-21-42(82)22-20-40)78-63(93)53(39(12)81)79(13)64(94)38(11)72-47(84)28-71-58(88)44(30-97-14)74-62(51)92/h17-23,26,31-32,34-39,41,44-46,49-55,81-83H,16,24-25,27-30,68H2,1-15H3,(H2,69,86)(H,70,87)(H,71,88)(H,72,84)(H,73,85)(H,74,92)(H,75,91)(H,76,89)(H,77,90)(H,78,93)/b23-18?,33-26?,43-17-/t32?,34-,35+,36?,37-,38-,39+,41-,44+,45-,46?,49-,50-,51+,52+,53-,54+,55+/m0/s1. The Bertz CT molecular complexity index is 3130. The first kappa shape index (κ1) is 84.7. The predicted octanol–water partition coefficient (Wildman–Crippen LogP) is -2.05. The summed E-state index contributed by atoms with van der Waals surface area (Å²) in [6.07, 6.45) is 0.864. The SMILES string of the molecule is C/C=C(\NC(=O)CNC(=O)C(C)C(O)C=CC(C)=CC(C)CC)C(=O)N[C@H](C(=O)N[C@H](C(=O)N[C@H]1C(=O)N[C@H](COC)C(=O)NCC(=O)N[C@@H](C)C(=O)N(C)[C@@H]([C@@H](C)O)C(=O)N[C@H]([C@H](OC)c2ccc(O)cc2)C(=O)N2CC[C@H](Cl)C[C@H]2C(=O)O[C@@H]1C(C)C)[C@@H](C)[C@@H](C)C(N)=O)[C@H](C)N. The minimum absolute atomic E-state index is 0.0579. The summed E-state index contributed by atoms with van der Waals surface area (Å²) in [6, 6.07) is -10.1. The number of hydrogen-bond donors (Lipinski definition) is 14. The van der Waals surface area contributed by atoms with E-state index in [0.717, 1.165) is 36.0 Å². The molecule has 12 amide bonds. The van der Waals surface area contributed by atoms with Crippen LogP contribution in [-0.2, 0) is 76.5 Å². The Kier molecular flexibility index (Phi) is 34.1. The summed E-state index contributed by atoms with van der Waals surface area (Å²) >= 11 is 6.76. The van der Waals surface area contributed by atoms with Gasteiger partial charge in [-0.1, -0.05) is 96.9 Å². The molecule has 3 rings (SSSR count). The number of aliphatic hydroxyl groups is 2. The Labute approximate surface area is 582 Å². The molecule has 33 heteroatoms. The quantitative estimate of drug-likeness (QED) is 0.0205. The van der Waals surface area contributed by atoms with Gasteiger partial charge in [-0.25, -0.2) is 4.79 Å². The highest BCUT2D eigenvalue weighted by Crippen LogP contribution is 2.31. The lowest BCUT2D eigenvalue weighted by atomic mass is 9.87. The first-order valence-electron chi connectivity index (χ1n) is 32.7. The van der Waals surface area contributed by atoms with Crippen LogP contribution in [0, 0.1) is 29.6 Å². The maximum Gasteiger partial charge on any atom is 0.329 e. The number of benzene rings is 1. The zero-order valence-corrected chi connectivity index (χ0v) is 59.6. The van der Waals surface area contributed by atoms with E-state index < -0.39 is 210 Å². The maximum absolute atomic E-state index is 15.4. The molecule has 552 valence electrons. The lowest BCUT2D eigenvalue weighted by Crippen LogP contribution is -2.66. The van der Waals surface area contributed by atoms with Crippen molar-refractivity contribution in [2.24, 2.45) is 41.1 Å². The van der Waals surface area contributed by atoms with Gasteiger partial charge in [0.15, 0.2) is 0 Å². The zero-order valence-electron chi connectivity index (χ0n) is 58.8. The minimum atomic E-state index is -2.11. The number of esters is 1. The van der Waals surface area contributed by atoms with E-state index in [0.29, 0.717) is 5.92 Å². The Morgan fingerprint density at radius 2 is 1.48 bits per heavy atom. The molecule has 2 aliphatic heterocycles. The van der Waals surface area contributed by atoms with Gasteiger partial charge in [-0.15, -0.1) is 11.6 Å².